The Morgan fingerprint density at radius 3 is 2.47 bits per heavy atom. The van der Waals surface area contributed by atoms with Crippen molar-refractivity contribution in [2.75, 3.05) is 23.7 Å². The van der Waals surface area contributed by atoms with Gasteiger partial charge in [-0.15, -0.1) is 0 Å². The van der Waals surface area contributed by atoms with Gasteiger partial charge in [-0.1, -0.05) is 18.2 Å². The number of nitrogens with one attached hydrogen (secondary N) is 2. The summed E-state index contributed by atoms with van der Waals surface area (Å²) in [6, 6.07) is 12.2. The molecule has 0 aliphatic heterocycles. The highest BCUT2D eigenvalue weighted by molar-refractivity contribution is 5.43. The summed E-state index contributed by atoms with van der Waals surface area (Å²) in [5, 5.41) is 11.0. The third-order valence-electron chi connectivity index (χ3n) is 2.54. The number of aryl methyl sites for hydroxylation is 2. The van der Waals surface area contributed by atoms with Crippen LogP contribution in [0.25, 0.3) is 0 Å². The molecule has 1 heterocycles. The van der Waals surface area contributed by atoms with Gasteiger partial charge in [-0.3, -0.25) is 4.68 Å². The molecule has 1 aromatic heterocycles. The van der Waals surface area contributed by atoms with Crippen LogP contribution in [0.4, 0.5) is 11.5 Å². The lowest BCUT2D eigenvalue weighted by Gasteiger charge is -2.08. The van der Waals surface area contributed by atoms with Gasteiger partial charge < -0.3 is 10.6 Å². The van der Waals surface area contributed by atoms with E-state index in [9.17, 15) is 0 Å². The first-order chi connectivity index (χ1) is 8.25. The number of aromatic nitrogens is 2. The summed E-state index contributed by atoms with van der Waals surface area (Å²) < 4.78 is 1.86. The Labute approximate surface area is 102 Å². The van der Waals surface area contributed by atoms with Crippen molar-refractivity contribution in [2.24, 2.45) is 7.05 Å². The topological polar surface area (TPSA) is 41.9 Å². The summed E-state index contributed by atoms with van der Waals surface area (Å²) in [6.07, 6.45) is 0. The summed E-state index contributed by atoms with van der Waals surface area (Å²) in [5.41, 5.74) is 2.18. The van der Waals surface area contributed by atoms with E-state index in [0.29, 0.717) is 0 Å². The normalized spacial score (nSPS) is 10.2. The maximum Gasteiger partial charge on any atom is 0.124 e. The second-order valence-electron chi connectivity index (χ2n) is 4.01. The maximum atomic E-state index is 4.28. The number of rotatable bonds is 5. The first-order valence-electron chi connectivity index (χ1n) is 5.79. The minimum Gasteiger partial charge on any atom is -0.383 e. The molecule has 0 unspecified atom stereocenters. The molecule has 0 saturated heterocycles. The van der Waals surface area contributed by atoms with Crippen molar-refractivity contribution in [3.63, 3.8) is 0 Å². The molecule has 0 amide bonds. The summed E-state index contributed by atoms with van der Waals surface area (Å²) in [5.74, 6) is 1.05. The number of para-hydroxylation sites is 1. The van der Waals surface area contributed by atoms with Gasteiger partial charge in [0.25, 0.3) is 0 Å². The van der Waals surface area contributed by atoms with E-state index < -0.39 is 0 Å². The molecule has 0 radical (unpaired) electrons. The van der Waals surface area contributed by atoms with Crippen molar-refractivity contribution >= 4 is 11.5 Å². The van der Waals surface area contributed by atoms with Crippen LogP contribution in [-0.2, 0) is 7.05 Å². The average molecular weight is 230 g/mol. The van der Waals surface area contributed by atoms with E-state index in [-0.39, 0.29) is 0 Å². The summed E-state index contributed by atoms with van der Waals surface area (Å²) in [7, 11) is 1.94. The first kappa shape index (κ1) is 11.5. The lowest BCUT2D eigenvalue weighted by molar-refractivity contribution is 0.758. The Bertz CT molecular complexity index is 462. The van der Waals surface area contributed by atoms with Gasteiger partial charge in [0.05, 0.1) is 5.69 Å². The van der Waals surface area contributed by atoms with Crippen molar-refractivity contribution in [1.82, 2.24) is 9.78 Å². The van der Waals surface area contributed by atoms with Gasteiger partial charge in [0.2, 0.25) is 0 Å². The molecule has 0 aliphatic rings. The fourth-order valence-electron chi connectivity index (χ4n) is 1.73. The Morgan fingerprint density at radius 2 is 1.82 bits per heavy atom. The van der Waals surface area contributed by atoms with Crippen LogP contribution in [0, 0.1) is 6.92 Å². The van der Waals surface area contributed by atoms with Gasteiger partial charge in [0.15, 0.2) is 0 Å². The Morgan fingerprint density at radius 1 is 1.12 bits per heavy atom. The fraction of sp³-hybridized carbons (Fsp3) is 0.308. The SMILES string of the molecule is Cc1cc(NCCNc2ccccc2)n(C)n1. The Hall–Kier alpha value is -1.97. The van der Waals surface area contributed by atoms with Crippen LogP contribution in [0.2, 0.25) is 0 Å². The Balaban J connectivity index is 1.75. The molecule has 0 fully saturated rings. The fourth-order valence-corrected chi connectivity index (χ4v) is 1.73. The minimum absolute atomic E-state index is 0.869. The van der Waals surface area contributed by atoms with Gasteiger partial charge in [-0.2, -0.15) is 5.10 Å². The van der Waals surface area contributed by atoms with Crippen LogP contribution in [0.15, 0.2) is 36.4 Å². The molecule has 2 rings (SSSR count). The molecule has 0 atom stereocenters. The smallest absolute Gasteiger partial charge is 0.124 e. The van der Waals surface area contributed by atoms with Crippen LogP contribution in [0.5, 0.6) is 0 Å². The van der Waals surface area contributed by atoms with Crippen LogP contribution in [0.3, 0.4) is 0 Å². The molecule has 1 aromatic carbocycles. The van der Waals surface area contributed by atoms with E-state index in [1.807, 2.05) is 42.9 Å². The lowest BCUT2D eigenvalue weighted by atomic mass is 10.3. The summed E-state index contributed by atoms with van der Waals surface area (Å²) in [4.78, 5) is 0. The standard InChI is InChI=1S/C13H18N4/c1-11-10-13(17(2)16-11)15-9-8-14-12-6-4-3-5-7-12/h3-7,10,14-15H,8-9H2,1-2H3. The second kappa shape index (κ2) is 5.39. The van der Waals surface area contributed by atoms with E-state index in [2.05, 4.69) is 27.9 Å². The Kier molecular flexibility index (Phi) is 3.65. The molecule has 0 bridgehead atoms. The average Bonchev–Trinajstić information content (AvgIpc) is 2.65. The lowest BCUT2D eigenvalue weighted by Crippen LogP contribution is -2.15. The van der Waals surface area contributed by atoms with Gasteiger partial charge in [-0.25, -0.2) is 0 Å². The van der Waals surface area contributed by atoms with Crippen LogP contribution in [-0.4, -0.2) is 22.9 Å². The van der Waals surface area contributed by atoms with Gasteiger partial charge in [0, 0.05) is 31.9 Å². The van der Waals surface area contributed by atoms with Gasteiger partial charge in [-0.05, 0) is 19.1 Å². The van der Waals surface area contributed by atoms with Crippen LogP contribution >= 0.6 is 0 Å². The monoisotopic (exact) mass is 230 g/mol. The molecule has 4 nitrogen and oxygen atoms in total. The molecular weight excluding hydrogens is 212 g/mol. The van der Waals surface area contributed by atoms with E-state index in [1.54, 1.807) is 0 Å². The molecule has 0 spiro atoms. The largest absolute Gasteiger partial charge is 0.383 e. The third-order valence-corrected chi connectivity index (χ3v) is 2.54. The third kappa shape index (κ3) is 3.24. The highest BCUT2D eigenvalue weighted by Crippen LogP contribution is 2.07. The highest BCUT2D eigenvalue weighted by Gasteiger charge is 1.99. The predicted molar refractivity (Wildman–Crippen MR) is 71.4 cm³/mol. The van der Waals surface area contributed by atoms with Crippen molar-refractivity contribution in [3.8, 4) is 0 Å². The van der Waals surface area contributed by atoms with Crippen molar-refractivity contribution in [2.45, 2.75) is 6.92 Å². The number of benzene rings is 1. The number of hydrogen-bond donors (Lipinski definition) is 2. The van der Waals surface area contributed by atoms with Gasteiger partial charge >= 0.3 is 0 Å². The molecule has 2 N–H and O–H groups in total. The van der Waals surface area contributed by atoms with Crippen LogP contribution < -0.4 is 10.6 Å². The summed E-state index contributed by atoms with van der Waals surface area (Å²) >= 11 is 0. The molecular formula is C13H18N4. The minimum atomic E-state index is 0.869. The zero-order valence-electron chi connectivity index (χ0n) is 10.3. The van der Waals surface area contributed by atoms with E-state index in [4.69, 9.17) is 0 Å². The maximum absolute atomic E-state index is 4.28. The van der Waals surface area contributed by atoms with Crippen LogP contribution in [0.1, 0.15) is 5.69 Å². The van der Waals surface area contributed by atoms with Crippen molar-refractivity contribution < 1.29 is 0 Å². The molecule has 4 heteroatoms. The first-order valence-corrected chi connectivity index (χ1v) is 5.79. The highest BCUT2D eigenvalue weighted by atomic mass is 15.3. The molecule has 17 heavy (non-hydrogen) atoms. The zero-order valence-corrected chi connectivity index (χ0v) is 10.3. The van der Waals surface area contributed by atoms with E-state index in [1.165, 1.54) is 0 Å². The molecule has 90 valence electrons. The van der Waals surface area contributed by atoms with Gasteiger partial charge in [0.1, 0.15) is 5.82 Å². The molecule has 0 aliphatic carbocycles. The van der Waals surface area contributed by atoms with Crippen molar-refractivity contribution in [3.05, 3.63) is 42.1 Å². The second-order valence-corrected chi connectivity index (χ2v) is 4.01. The van der Waals surface area contributed by atoms with Crippen molar-refractivity contribution in [1.29, 1.82) is 0 Å². The quantitative estimate of drug-likeness (QED) is 0.774. The number of anilines is 2. The summed E-state index contributed by atoms with van der Waals surface area (Å²) in [6.45, 7) is 3.75. The molecule has 2 aromatic rings. The molecule has 0 saturated carbocycles. The number of hydrogen-bond acceptors (Lipinski definition) is 3. The zero-order chi connectivity index (χ0) is 12.1. The predicted octanol–water partition coefficient (Wildman–Crippen LogP) is 2.25. The van der Waals surface area contributed by atoms with E-state index in [0.717, 1.165) is 30.3 Å². The van der Waals surface area contributed by atoms with E-state index >= 15 is 0 Å². The number of nitrogens with zero attached hydrogens (tertiary/aromatic N) is 2.